The smallest absolute Gasteiger partial charge is 0.328 e. The molecule has 0 saturated carbocycles. The highest BCUT2D eigenvalue weighted by Crippen LogP contribution is 2.31. The molecule has 0 fully saturated rings. The van der Waals surface area contributed by atoms with Crippen LogP contribution in [0.4, 0.5) is 5.69 Å². The molecule has 1 unspecified atom stereocenters. The maximum atomic E-state index is 12.8. The molecule has 0 aliphatic heterocycles. The number of ether oxygens (including phenoxy) is 1. The molecular weight excluding hydrogens is 378 g/mol. The number of amides is 1. The number of hydrogen-bond acceptors (Lipinski definition) is 4. The van der Waals surface area contributed by atoms with E-state index in [2.05, 4.69) is 15.9 Å². The number of rotatable bonds is 6. The molecule has 0 aliphatic rings. The topological polar surface area (TPSA) is 46.6 Å². The minimum Gasteiger partial charge on any atom is -0.467 e. The molecule has 1 amide bonds. The molecular formula is C17H24BrNO3S. The van der Waals surface area contributed by atoms with E-state index in [-0.39, 0.29) is 5.91 Å². The maximum absolute atomic E-state index is 12.8. The first kappa shape index (κ1) is 20.0. The average molecular weight is 402 g/mol. The normalized spacial score (nSPS) is 12.2. The van der Waals surface area contributed by atoms with Crippen LogP contribution in [0.3, 0.4) is 0 Å². The molecule has 1 atom stereocenters. The Balaban J connectivity index is 3.29. The summed E-state index contributed by atoms with van der Waals surface area (Å²) >= 11 is 5.02. The highest BCUT2D eigenvalue weighted by atomic mass is 79.9. The van der Waals surface area contributed by atoms with Crippen molar-refractivity contribution in [3.8, 4) is 0 Å². The van der Waals surface area contributed by atoms with Crippen molar-refractivity contribution >= 4 is 45.3 Å². The van der Waals surface area contributed by atoms with Crippen LogP contribution in [0.1, 0.15) is 31.9 Å². The Kier molecular flexibility index (Phi) is 7.61. The largest absolute Gasteiger partial charge is 0.467 e. The Morgan fingerprint density at radius 3 is 2.17 bits per heavy atom. The van der Waals surface area contributed by atoms with Gasteiger partial charge in [-0.15, -0.1) is 11.8 Å². The standard InChI is InChI=1S/C17H24BrNO3S/c1-10(2)23-9-15(20)19(13(5)17(21)22-6)16-11(3)7-14(18)8-12(16)4/h7-8,10,13H,9H2,1-6H3. The lowest BCUT2D eigenvalue weighted by molar-refractivity contribution is -0.142. The summed E-state index contributed by atoms with van der Waals surface area (Å²) in [5.74, 6) is -0.182. The summed E-state index contributed by atoms with van der Waals surface area (Å²) in [6, 6.07) is 3.23. The van der Waals surface area contributed by atoms with Crippen molar-refractivity contribution in [1.29, 1.82) is 0 Å². The summed E-state index contributed by atoms with van der Waals surface area (Å²) in [6.45, 7) is 9.66. The van der Waals surface area contributed by atoms with Gasteiger partial charge in [0, 0.05) is 4.47 Å². The fraction of sp³-hybridized carbons (Fsp3) is 0.529. The number of carbonyl (C=O) groups is 2. The van der Waals surface area contributed by atoms with Gasteiger partial charge < -0.3 is 4.74 Å². The quantitative estimate of drug-likeness (QED) is 0.673. The summed E-state index contributed by atoms with van der Waals surface area (Å²) in [6.07, 6.45) is 0. The van der Waals surface area contributed by atoms with Gasteiger partial charge in [-0.2, -0.15) is 0 Å². The molecule has 0 aromatic heterocycles. The van der Waals surface area contributed by atoms with Gasteiger partial charge in [-0.05, 0) is 49.3 Å². The monoisotopic (exact) mass is 401 g/mol. The second-order valence-corrected chi connectivity index (χ2v) is 8.19. The van der Waals surface area contributed by atoms with Gasteiger partial charge in [-0.1, -0.05) is 29.8 Å². The Morgan fingerprint density at radius 1 is 1.22 bits per heavy atom. The van der Waals surface area contributed by atoms with E-state index in [1.807, 2.05) is 39.8 Å². The predicted octanol–water partition coefficient (Wildman–Crippen LogP) is 4.10. The van der Waals surface area contributed by atoms with Crippen molar-refractivity contribution in [2.24, 2.45) is 0 Å². The van der Waals surface area contributed by atoms with Crippen molar-refractivity contribution in [3.05, 3.63) is 27.7 Å². The third kappa shape index (κ3) is 5.24. The lowest BCUT2D eigenvalue weighted by Crippen LogP contribution is -2.45. The lowest BCUT2D eigenvalue weighted by Gasteiger charge is -2.30. The van der Waals surface area contributed by atoms with E-state index < -0.39 is 12.0 Å². The van der Waals surface area contributed by atoms with Gasteiger partial charge in [0.2, 0.25) is 5.91 Å². The van der Waals surface area contributed by atoms with Gasteiger partial charge in [0.05, 0.1) is 18.6 Å². The Bertz CT molecular complexity index is 566. The van der Waals surface area contributed by atoms with Crippen LogP contribution in [0, 0.1) is 13.8 Å². The number of esters is 1. The van der Waals surface area contributed by atoms with Gasteiger partial charge in [-0.25, -0.2) is 4.79 Å². The highest BCUT2D eigenvalue weighted by Gasteiger charge is 2.30. The zero-order valence-electron chi connectivity index (χ0n) is 14.5. The molecule has 23 heavy (non-hydrogen) atoms. The first-order chi connectivity index (χ1) is 10.7. The van der Waals surface area contributed by atoms with Crippen molar-refractivity contribution < 1.29 is 14.3 Å². The number of nitrogens with zero attached hydrogens (tertiary/aromatic N) is 1. The molecule has 128 valence electrons. The Hall–Kier alpha value is -1.01. The first-order valence-corrected chi connectivity index (χ1v) is 9.31. The second kappa shape index (κ2) is 8.73. The Labute approximate surface area is 151 Å². The van der Waals surface area contributed by atoms with Gasteiger partial charge in [0.25, 0.3) is 0 Å². The van der Waals surface area contributed by atoms with E-state index in [4.69, 9.17) is 4.74 Å². The third-order valence-electron chi connectivity index (χ3n) is 3.44. The molecule has 0 bridgehead atoms. The van der Waals surface area contributed by atoms with E-state index in [1.165, 1.54) is 7.11 Å². The molecule has 1 aromatic carbocycles. The second-order valence-electron chi connectivity index (χ2n) is 5.71. The third-order valence-corrected chi connectivity index (χ3v) is 4.97. The molecule has 0 aliphatic carbocycles. The number of methoxy groups -OCH3 is 1. The molecule has 1 aromatic rings. The van der Waals surface area contributed by atoms with Crippen molar-refractivity contribution in [1.82, 2.24) is 0 Å². The SMILES string of the molecule is COC(=O)C(C)N(C(=O)CSC(C)C)c1c(C)cc(Br)cc1C. The fourth-order valence-corrected chi connectivity index (χ4v) is 3.70. The van der Waals surface area contributed by atoms with Crippen LogP contribution in [-0.2, 0) is 14.3 Å². The molecule has 0 spiro atoms. The van der Waals surface area contributed by atoms with Crippen LogP contribution in [0.15, 0.2) is 16.6 Å². The zero-order valence-corrected chi connectivity index (χ0v) is 16.9. The number of benzene rings is 1. The molecule has 0 N–H and O–H groups in total. The average Bonchev–Trinajstić information content (AvgIpc) is 2.46. The molecule has 1 rings (SSSR count). The van der Waals surface area contributed by atoms with E-state index >= 15 is 0 Å². The number of carbonyl (C=O) groups excluding carboxylic acids is 2. The summed E-state index contributed by atoms with van der Waals surface area (Å²) < 4.78 is 5.79. The highest BCUT2D eigenvalue weighted by molar-refractivity contribution is 9.10. The minimum absolute atomic E-state index is 0.0878. The number of hydrogen-bond donors (Lipinski definition) is 0. The number of aryl methyl sites for hydroxylation is 2. The molecule has 0 saturated heterocycles. The fourth-order valence-electron chi connectivity index (χ4n) is 2.40. The summed E-state index contributed by atoms with van der Waals surface area (Å²) in [7, 11) is 1.34. The number of halogens is 1. The minimum atomic E-state index is -0.668. The summed E-state index contributed by atoms with van der Waals surface area (Å²) in [5.41, 5.74) is 2.66. The van der Waals surface area contributed by atoms with E-state index in [1.54, 1.807) is 23.6 Å². The van der Waals surface area contributed by atoms with Crippen molar-refractivity contribution in [3.63, 3.8) is 0 Å². The predicted molar refractivity (Wildman–Crippen MR) is 100 cm³/mol. The molecule has 6 heteroatoms. The van der Waals surface area contributed by atoms with Gasteiger partial charge in [0.15, 0.2) is 0 Å². The van der Waals surface area contributed by atoms with Gasteiger partial charge in [0.1, 0.15) is 6.04 Å². The maximum Gasteiger partial charge on any atom is 0.328 e. The molecule has 4 nitrogen and oxygen atoms in total. The van der Waals surface area contributed by atoms with Crippen LogP contribution >= 0.6 is 27.7 Å². The van der Waals surface area contributed by atoms with Crippen LogP contribution < -0.4 is 4.90 Å². The van der Waals surface area contributed by atoms with Gasteiger partial charge in [-0.3, -0.25) is 9.69 Å². The molecule has 0 heterocycles. The molecule has 0 radical (unpaired) electrons. The van der Waals surface area contributed by atoms with Crippen LogP contribution in [0.2, 0.25) is 0 Å². The van der Waals surface area contributed by atoms with Crippen molar-refractivity contribution in [2.45, 2.75) is 45.9 Å². The van der Waals surface area contributed by atoms with Crippen molar-refractivity contribution in [2.75, 3.05) is 17.8 Å². The number of thioether (sulfide) groups is 1. The summed E-state index contributed by atoms with van der Waals surface area (Å²) in [4.78, 5) is 26.4. The first-order valence-electron chi connectivity index (χ1n) is 7.47. The van der Waals surface area contributed by atoms with E-state index in [0.717, 1.165) is 21.3 Å². The van der Waals surface area contributed by atoms with Crippen LogP contribution in [0.25, 0.3) is 0 Å². The summed E-state index contributed by atoms with van der Waals surface area (Å²) in [5, 5.41) is 0.348. The Morgan fingerprint density at radius 2 is 1.74 bits per heavy atom. The lowest BCUT2D eigenvalue weighted by atomic mass is 10.1. The van der Waals surface area contributed by atoms with Crippen LogP contribution in [-0.4, -0.2) is 36.0 Å². The van der Waals surface area contributed by atoms with E-state index in [9.17, 15) is 9.59 Å². The van der Waals surface area contributed by atoms with Crippen LogP contribution in [0.5, 0.6) is 0 Å². The van der Waals surface area contributed by atoms with Gasteiger partial charge >= 0.3 is 5.97 Å². The number of anilines is 1. The zero-order chi connectivity index (χ0) is 17.7. The van der Waals surface area contributed by atoms with E-state index in [0.29, 0.717) is 11.0 Å².